The molecule has 2 aromatic rings. The lowest BCUT2D eigenvalue weighted by Gasteiger charge is -2.17. The van der Waals surface area contributed by atoms with E-state index < -0.39 is 0 Å². The Morgan fingerprint density at radius 2 is 1.96 bits per heavy atom. The summed E-state index contributed by atoms with van der Waals surface area (Å²) in [7, 11) is 0. The lowest BCUT2D eigenvalue weighted by atomic mass is 10.3. The summed E-state index contributed by atoms with van der Waals surface area (Å²) in [4.78, 5) is 0. The van der Waals surface area contributed by atoms with Gasteiger partial charge in [-0.05, 0) is 43.4 Å². The molecule has 23 heavy (non-hydrogen) atoms. The zero-order valence-electron chi connectivity index (χ0n) is 12.7. The highest BCUT2D eigenvalue weighted by Gasteiger charge is 2.14. The molecule has 3 rings (SSSR count). The SMILES string of the molecule is C[C@@H](COc1ccccc1)NC(=S)Nc1ccc2c(c1)OCO2. The maximum Gasteiger partial charge on any atom is 0.231 e. The summed E-state index contributed by atoms with van der Waals surface area (Å²) >= 11 is 5.32. The Morgan fingerprint density at radius 3 is 2.78 bits per heavy atom. The van der Waals surface area contributed by atoms with E-state index in [-0.39, 0.29) is 12.8 Å². The lowest BCUT2D eigenvalue weighted by Crippen LogP contribution is -2.39. The molecule has 0 unspecified atom stereocenters. The van der Waals surface area contributed by atoms with Gasteiger partial charge in [-0.15, -0.1) is 0 Å². The van der Waals surface area contributed by atoms with Gasteiger partial charge in [0, 0.05) is 11.8 Å². The van der Waals surface area contributed by atoms with Crippen molar-refractivity contribution >= 4 is 23.0 Å². The van der Waals surface area contributed by atoms with Crippen molar-refractivity contribution in [3.8, 4) is 17.2 Å². The van der Waals surface area contributed by atoms with Crippen molar-refractivity contribution in [3.63, 3.8) is 0 Å². The summed E-state index contributed by atoms with van der Waals surface area (Å²) in [5.41, 5.74) is 0.850. The quantitative estimate of drug-likeness (QED) is 0.821. The second kappa shape index (κ2) is 7.19. The molecule has 0 aliphatic carbocycles. The maximum atomic E-state index is 5.69. The normalized spacial score (nSPS) is 13.3. The van der Waals surface area contributed by atoms with E-state index in [1.54, 1.807) is 0 Å². The molecular formula is C17H18N2O3S. The number of benzene rings is 2. The first-order valence-corrected chi connectivity index (χ1v) is 7.76. The molecule has 0 radical (unpaired) electrons. The smallest absolute Gasteiger partial charge is 0.231 e. The van der Waals surface area contributed by atoms with E-state index in [4.69, 9.17) is 26.4 Å². The topological polar surface area (TPSA) is 51.8 Å². The van der Waals surface area contributed by atoms with Crippen molar-refractivity contribution in [2.45, 2.75) is 13.0 Å². The van der Waals surface area contributed by atoms with Crippen LogP contribution in [0.2, 0.25) is 0 Å². The van der Waals surface area contributed by atoms with Crippen LogP contribution in [-0.2, 0) is 0 Å². The molecule has 0 spiro atoms. The number of para-hydroxylation sites is 1. The fraction of sp³-hybridized carbons (Fsp3) is 0.235. The average Bonchev–Trinajstić information content (AvgIpc) is 3.01. The summed E-state index contributed by atoms with van der Waals surface area (Å²) < 4.78 is 16.3. The van der Waals surface area contributed by atoms with Crippen LogP contribution in [0.5, 0.6) is 17.2 Å². The highest BCUT2D eigenvalue weighted by molar-refractivity contribution is 7.80. The van der Waals surface area contributed by atoms with E-state index in [1.165, 1.54) is 0 Å². The number of fused-ring (bicyclic) bond motifs is 1. The van der Waals surface area contributed by atoms with Gasteiger partial charge >= 0.3 is 0 Å². The van der Waals surface area contributed by atoms with Gasteiger partial charge in [0.25, 0.3) is 0 Å². The Bertz CT molecular complexity index is 679. The van der Waals surface area contributed by atoms with Gasteiger partial charge in [0.15, 0.2) is 16.6 Å². The average molecular weight is 330 g/mol. The number of nitrogens with one attached hydrogen (secondary N) is 2. The predicted octanol–water partition coefficient (Wildman–Crippen LogP) is 3.17. The number of hydrogen-bond donors (Lipinski definition) is 2. The number of hydrogen-bond acceptors (Lipinski definition) is 4. The van der Waals surface area contributed by atoms with E-state index in [9.17, 15) is 0 Å². The van der Waals surface area contributed by atoms with Gasteiger partial charge in [-0.2, -0.15) is 0 Å². The van der Waals surface area contributed by atoms with Gasteiger partial charge in [0.1, 0.15) is 12.4 Å². The molecule has 2 aromatic carbocycles. The molecule has 0 amide bonds. The fourth-order valence-corrected chi connectivity index (χ4v) is 2.46. The van der Waals surface area contributed by atoms with Gasteiger partial charge in [0.05, 0.1) is 6.04 Å². The van der Waals surface area contributed by atoms with Gasteiger partial charge in [-0.3, -0.25) is 0 Å². The van der Waals surface area contributed by atoms with Crippen LogP contribution in [0.3, 0.4) is 0 Å². The first-order chi connectivity index (χ1) is 11.2. The highest BCUT2D eigenvalue weighted by Crippen LogP contribution is 2.34. The van der Waals surface area contributed by atoms with E-state index in [0.29, 0.717) is 11.7 Å². The fourth-order valence-electron chi connectivity index (χ4n) is 2.14. The first-order valence-electron chi connectivity index (χ1n) is 7.36. The third-order valence-electron chi connectivity index (χ3n) is 3.25. The molecule has 2 N–H and O–H groups in total. The second-order valence-corrected chi connectivity index (χ2v) is 5.60. The van der Waals surface area contributed by atoms with Crippen LogP contribution in [0, 0.1) is 0 Å². The molecule has 0 fully saturated rings. The van der Waals surface area contributed by atoms with Gasteiger partial charge < -0.3 is 24.8 Å². The third-order valence-corrected chi connectivity index (χ3v) is 3.47. The monoisotopic (exact) mass is 330 g/mol. The number of ether oxygens (including phenoxy) is 3. The second-order valence-electron chi connectivity index (χ2n) is 5.19. The van der Waals surface area contributed by atoms with Crippen LogP contribution in [0.15, 0.2) is 48.5 Å². The Kier molecular flexibility index (Phi) is 4.83. The lowest BCUT2D eigenvalue weighted by molar-refractivity contribution is 0.174. The summed E-state index contributed by atoms with van der Waals surface area (Å²) in [6, 6.07) is 15.4. The number of thiocarbonyl (C=S) groups is 1. The Morgan fingerprint density at radius 1 is 1.17 bits per heavy atom. The van der Waals surface area contributed by atoms with E-state index >= 15 is 0 Å². The molecule has 0 bridgehead atoms. The zero-order valence-corrected chi connectivity index (χ0v) is 13.6. The molecule has 1 atom stereocenters. The van der Waals surface area contributed by atoms with Crippen LogP contribution in [0.1, 0.15) is 6.92 Å². The number of anilines is 1. The maximum absolute atomic E-state index is 5.69. The molecule has 6 heteroatoms. The molecular weight excluding hydrogens is 312 g/mol. The van der Waals surface area contributed by atoms with E-state index in [0.717, 1.165) is 22.9 Å². The summed E-state index contributed by atoms with van der Waals surface area (Å²) in [5, 5.41) is 6.85. The highest BCUT2D eigenvalue weighted by atomic mass is 32.1. The van der Waals surface area contributed by atoms with Crippen LogP contribution in [0.4, 0.5) is 5.69 Å². The van der Waals surface area contributed by atoms with Crippen LogP contribution < -0.4 is 24.8 Å². The van der Waals surface area contributed by atoms with Gasteiger partial charge in [-0.25, -0.2) is 0 Å². The van der Waals surface area contributed by atoms with E-state index in [2.05, 4.69) is 10.6 Å². The van der Waals surface area contributed by atoms with Gasteiger partial charge in [0.2, 0.25) is 6.79 Å². The van der Waals surface area contributed by atoms with E-state index in [1.807, 2.05) is 55.5 Å². The van der Waals surface area contributed by atoms with Crippen molar-refractivity contribution in [1.29, 1.82) is 0 Å². The molecule has 0 saturated carbocycles. The minimum absolute atomic E-state index is 0.0733. The molecule has 120 valence electrons. The molecule has 5 nitrogen and oxygen atoms in total. The third kappa shape index (κ3) is 4.26. The largest absolute Gasteiger partial charge is 0.491 e. The van der Waals surface area contributed by atoms with Crippen molar-refractivity contribution in [2.75, 3.05) is 18.7 Å². The first kappa shape index (κ1) is 15.4. The van der Waals surface area contributed by atoms with Crippen LogP contribution >= 0.6 is 12.2 Å². The summed E-state index contributed by atoms with van der Waals surface area (Å²) in [5.74, 6) is 2.31. The predicted molar refractivity (Wildman–Crippen MR) is 93.3 cm³/mol. The standard InChI is InChI=1S/C17H18N2O3S/c1-12(10-20-14-5-3-2-4-6-14)18-17(23)19-13-7-8-15-16(9-13)22-11-21-15/h2-9,12H,10-11H2,1H3,(H2,18,19,23)/t12-/m0/s1. The van der Waals surface area contributed by atoms with Crippen LogP contribution in [0.25, 0.3) is 0 Å². The molecule has 0 saturated heterocycles. The van der Waals surface area contributed by atoms with Crippen molar-refractivity contribution in [3.05, 3.63) is 48.5 Å². The van der Waals surface area contributed by atoms with Gasteiger partial charge in [-0.1, -0.05) is 18.2 Å². The molecule has 0 aromatic heterocycles. The minimum Gasteiger partial charge on any atom is -0.491 e. The van der Waals surface area contributed by atoms with Crippen molar-refractivity contribution < 1.29 is 14.2 Å². The van der Waals surface area contributed by atoms with Crippen LogP contribution in [-0.4, -0.2) is 24.6 Å². The Labute approximate surface area is 140 Å². The molecule has 1 aliphatic rings. The summed E-state index contributed by atoms with van der Waals surface area (Å²) in [6.07, 6.45) is 0. The molecule has 1 heterocycles. The van der Waals surface area contributed by atoms with Crippen molar-refractivity contribution in [2.24, 2.45) is 0 Å². The molecule has 1 aliphatic heterocycles. The minimum atomic E-state index is 0.0733. The summed E-state index contributed by atoms with van der Waals surface area (Å²) in [6.45, 7) is 2.79. The number of rotatable bonds is 5. The van der Waals surface area contributed by atoms with Crippen molar-refractivity contribution in [1.82, 2.24) is 5.32 Å². The Balaban J connectivity index is 1.47. The zero-order chi connectivity index (χ0) is 16.1. The Hall–Kier alpha value is -2.47.